The summed E-state index contributed by atoms with van der Waals surface area (Å²) in [5.74, 6) is 3.10. The number of nitrogens with zero attached hydrogens (tertiary/aromatic N) is 4. The Hall–Kier alpha value is -2.83. The minimum Gasteiger partial charge on any atom is -0.359 e. The molecule has 2 aromatic heterocycles. The van der Waals surface area contributed by atoms with Crippen molar-refractivity contribution in [3.05, 3.63) is 47.6 Å². The maximum atomic E-state index is 5.47. The number of aliphatic imine (C=N–C) groups is 1. The van der Waals surface area contributed by atoms with Crippen molar-refractivity contribution < 1.29 is 4.52 Å². The van der Waals surface area contributed by atoms with Crippen LogP contribution in [0.3, 0.4) is 0 Å². The van der Waals surface area contributed by atoms with E-state index in [4.69, 9.17) is 4.52 Å². The van der Waals surface area contributed by atoms with E-state index in [0.717, 1.165) is 61.1 Å². The summed E-state index contributed by atoms with van der Waals surface area (Å²) in [6.45, 7) is 8.72. The van der Waals surface area contributed by atoms with E-state index in [1.165, 1.54) is 5.52 Å². The molecule has 0 aliphatic carbocycles. The van der Waals surface area contributed by atoms with Gasteiger partial charge in [0.05, 0.1) is 23.3 Å². The SMILES string of the molecule is CCC(CC)c1cc(CNC(=NC)NCCCn2c(C)nc3ccccc32)on1. The summed E-state index contributed by atoms with van der Waals surface area (Å²) in [5, 5.41) is 10.9. The zero-order chi connectivity index (χ0) is 20.6. The van der Waals surface area contributed by atoms with Crippen LogP contribution in [0, 0.1) is 6.92 Å². The Labute approximate surface area is 172 Å². The average Bonchev–Trinajstić information content (AvgIpc) is 3.32. The highest BCUT2D eigenvalue weighted by Gasteiger charge is 2.13. The minimum atomic E-state index is 0.465. The second kappa shape index (κ2) is 10.1. The number of guanidine groups is 1. The van der Waals surface area contributed by atoms with Crippen molar-refractivity contribution >= 4 is 17.0 Å². The van der Waals surface area contributed by atoms with Gasteiger partial charge in [-0.05, 0) is 38.3 Å². The Morgan fingerprint density at radius 1 is 1.21 bits per heavy atom. The van der Waals surface area contributed by atoms with Gasteiger partial charge in [-0.25, -0.2) is 4.98 Å². The van der Waals surface area contributed by atoms with E-state index >= 15 is 0 Å². The smallest absolute Gasteiger partial charge is 0.191 e. The van der Waals surface area contributed by atoms with E-state index in [1.807, 2.05) is 12.1 Å². The number of imidazole rings is 1. The molecule has 2 heterocycles. The molecule has 7 nitrogen and oxygen atoms in total. The molecule has 156 valence electrons. The van der Waals surface area contributed by atoms with E-state index in [2.05, 4.69) is 69.3 Å². The van der Waals surface area contributed by atoms with Gasteiger partial charge in [0.1, 0.15) is 5.82 Å². The lowest BCUT2D eigenvalue weighted by Gasteiger charge is -2.12. The van der Waals surface area contributed by atoms with Crippen molar-refractivity contribution in [2.75, 3.05) is 13.6 Å². The first-order valence-electron chi connectivity index (χ1n) is 10.5. The quantitative estimate of drug-likeness (QED) is 0.325. The number of aryl methyl sites for hydroxylation is 2. The number of para-hydroxylation sites is 2. The molecule has 0 unspecified atom stereocenters. The summed E-state index contributed by atoms with van der Waals surface area (Å²) in [7, 11) is 1.78. The molecular formula is C22H32N6O. The molecule has 0 saturated carbocycles. The van der Waals surface area contributed by atoms with Gasteiger partial charge >= 0.3 is 0 Å². The van der Waals surface area contributed by atoms with E-state index in [1.54, 1.807) is 7.05 Å². The van der Waals surface area contributed by atoms with Crippen LogP contribution < -0.4 is 10.6 Å². The normalized spacial score (nSPS) is 12.1. The Morgan fingerprint density at radius 2 is 2.00 bits per heavy atom. The van der Waals surface area contributed by atoms with Crippen LogP contribution in [0.2, 0.25) is 0 Å². The fraction of sp³-hybridized carbons (Fsp3) is 0.500. The molecule has 0 amide bonds. The van der Waals surface area contributed by atoms with Crippen LogP contribution in [0.5, 0.6) is 0 Å². The molecule has 3 rings (SSSR count). The number of aromatic nitrogens is 3. The predicted molar refractivity (Wildman–Crippen MR) is 117 cm³/mol. The molecule has 0 atom stereocenters. The first-order valence-corrected chi connectivity index (χ1v) is 10.5. The second-order valence-corrected chi connectivity index (χ2v) is 7.24. The van der Waals surface area contributed by atoms with Gasteiger partial charge in [-0.1, -0.05) is 31.1 Å². The van der Waals surface area contributed by atoms with Gasteiger partial charge in [-0.2, -0.15) is 0 Å². The maximum absolute atomic E-state index is 5.47. The number of hydrogen-bond donors (Lipinski definition) is 2. The van der Waals surface area contributed by atoms with Crippen LogP contribution >= 0.6 is 0 Å². The van der Waals surface area contributed by atoms with Gasteiger partial charge in [0, 0.05) is 32.1 Å². The Kier molecular flexibility index (Phi) is 7.27. The maximum Gasteiger partial charge on any atom is 0.191 e. The molecule has 0 saturated heterocycles. The van der Waals surface area contributed by atoms with Crippen LogP contribution in [-0.2, 0) is 13.1 Å². The van der Waals surface area contributed by atoms with Crippen LogP contribution in [-0.4, -0.2) is 34.3 Å². The monoisotopic (exact) mass is 396 g/mol. The molecule has 0 fully saturated rings. The highest BCUT2D eigenvalue weighted by atomic mass is 16.5. The first kappa shape index (κ1) is 20.9. The summed E-state index contributed by atoms with van der Waals surface area (Å²) in [5.41, 5.74) is 3.28. The predicted octanol–water partition coefficient (Wildman–Crippen LogP) is 3.99. The lowest BCUT2D eigenvalue weighted by Crippen LogP contribution is -2.37. The van der Waals surface area contributed by atoms with Crippen molar-refractivity contribution in [2.24, 2.45) is 4.99 Å². The number of rotatable bonds is 9. The van der Waals surface area contributed by atoms with Crippen LogP contribution in [0.25, 0.3) is 11.0 Å². The molecule has 2 N–H and O–H groups in total. The van der Waals surface area contributed by atoms with E-state index in [-0.39, 0.29) is 0 Å². The second-order valence-electron chi connectivity index (χ2n) is 7.24. The highest BCUT2D eigenvalue weighted by Crippen LogP contribution is 2.22. The standard InChI is InChI=1S/C22H32N6O/c1-5-17(6-2)20-14-18(29-27-20)15-25-22(23-4)24-12-9-13-28-16(3)26-19-10-7-8-11-21(19)28/h7-8,10-11,14,17H,5-6,9,12-13,15H2,1-4H3,(H2,23,24,25). The molecule has 0 spiro atoms. The third-order valence-corrected chi connectivity index (χ3v) is 5.33. The highest BCUT2D eigenvalue weighted by molar-refractivity contribution is 5.79. The first-order chi connectivity index (χ1) is 14.2. The van der Waals surface area contributed by atoms with Gasteiger partial charge < -0.3 is 19.7 Å². The van der Waals surface area contributed by atoms with Crippen molar-refractivity contribution in [3.63, 3.8) is 0 Å². The molecule has 0 radical (unpaired) electrons. The lowest BCUT2D eigenvalue weighted by molar-refractivity contribution is 0.368. The number of fused-ring (bicyclic) bond motifs is 1. The molecule has 3 aromatic rings. The molecule has 0 bridgehead atoms. The molecule has 0 aliphatic heterocycles. The average molecular weight is 397 g/mol. The molecule has 29 heavy (non-hydrogen) atoms. The fourth-order valence-electron chi connectivity index (χ4n) is 3.63. The minimum absolute atomic E-state index is 0.465. The van der Waals surface area contributed by atoms with Crippen molar-refractivity contribution in [1.29, 1.82) is 0 Å². The molecule has 0 aliphatic rings. The lowest BCUT2D eigenvalue weighted by atomic mass is 9.99. The fourth-order valence-corrected chi connectivity index (χ4v) is 3.63. The number of hydrogen-bond acceptors (Lipinski definition) is 4. The van der Waals surface area contributed by atoms with Crippen molar-refractivity contribution in [3.8, 4) is 0 Å². The van der Waals surface area contributed by atoms with Crippen LogP contribution in [0.4, 0.5) is 0 Å². The third kappa shape index (κ3) is 5.16. The van der Waals surface area contributed by atoms with Gasteiger partial charge in [-0.15, -0.1) is 0 Å². The summed E-state index contributed by atoms with van der Waals surface area (Å²) >= 11 is 0. The largest absolute Gasteiger partial charge is 0.359 e. The van der Waals surface area contributed by atoms with Crippen molar-refractivity contribution in [2.45, 2.75) is 59.0 Å². The van der Waals surface area contributed by atoms with Gasteiger partial charge in [0.25, 0.3) is 0 Å². The number of benzene rings is 1. The third-order valence-electron chi connectivity index (χ3n) is 5.33. The van der Waals surface area contributed by atoms with Crippen molar-refractivity contribution in [1.82, 2.24) is 25.3 Å². The van der Waals surface area contributed by atoms with E-state index < -0.39 is 0 Å². The topological polar surface area (TPSA) is 80.3 Å². The Bertz CT molecular complexity index is 938. The van der Waals surface area contributed by atoms with E-state index in [9.17, 15) is 0 Å². The van der Waals surface area contributed by atoms with Crippen LogP contribution in [0.1, 0.15) is 56.3 Å². The summed E-state index contributed by atoms with van der Waals surface area (Å²) in [6, 6.07) is 10.3. The van der Waals surface area contributed by atoms with Crippen LogP contribution in [0.15, 0.2) is 39.8 Å². The summed E-state index contributed by atoms with van der Waals surface area (Å²) in [4.78, 5) is 8.92. The zero-order valence-corrected chi connectivity index (χ0v) is 17.9. The number of nitrogens with one attached hydrogen (secondary N) is 2. The van der Waals surface area contributed by atoms with Gasteiger partial charge in [-0.3, -0.25) is 4.99 Å². The Balaban J connectivity index is 1.45. The van der Waals surface area contributed by atoms with E-state index in [0.29, 0.717) is 12.5 Å². The van der Waals surface area contributed by atoms with Gasteiger partial charge in [0.15, 0.2) is 11.7 Å². The Morgan fingerprint density at radius 3 is 2.76 bits per heavy atom. The summed E-state index contributed by atoms with van der Waals surface area (Å²) in [6.07, 6.45) is 3.12. The molecule has 7 heteroatoms. The molecule has 1 aromatic carbocycles. The molecular weight excluding hydrogens is 364 g/mol. The van der Waals surface area contributed by atoms with Gasteiger partial charge in [0.2, 0.25) is 0 Å². The zero-order valence-electron chi connectivity index (χ0n) is 17.9. The summed E-state index contributed by atoms with van der Waals surface area (Å²) < 4.78 is 7.73.